The lowest BCUT2D eigenvalue weighted by Gasteiger charge is -2.20. The molecule has 1 aliphatic rings. The topological polar surface area (TPSA) is 57.7 Å². The fraction of sp³-hybridized carbons (Fsp3) is 0.261. The van der Waals surface area contributed by atoms with Gasteiger partial charge in [-0.25, -0.2) is 8.42 Å². The van der Waals surface area contributed by atoms with Crippen LogP contribution in [-0.4, -0.2) is 38.3 Å². The third-order valence-electron chi connectivity index (χ3n) is 5.53. The molecule has 0 unspecified atom stereocenters. The fourth-order valence-corrected chi connectivity index (χ4v) is 5.45. The summed E-state index contributed by atoms with van der Waals surface area (Å²) in [4.78, 5) is 15.2. The van der Waals surface area contributed by atoms with Crippen molar-refractivity contribution in [3.8, 4) is 0 Å². The number of fused-ring (bicyclic) bond motifs is 2. The van der Waals surface area contributed by atoms with Gasteiger partial charge in [-0.2, -0.15) is 4.31 Å². The minimum Gasteiger partial charge on any atom is -0.308 e. The van der Waals surface area contributed by atoms with E-state index in [9.17, 15) is 13.2 Å². The number of anilines is 1. The molecule has 0 bridgehead atoms. The maximum absolute atomic E-state index is 13.1. The maximum Gasteiger partial charge on any atom is 0.258 e. The Balaban J connectivity index is 1.65. The summed E-state index contributed by atoms with van der Waals surface area (Å²) in [5, 5.41) is 2.12. The van der Waals surface area contributed by atoms with Crippen molar-refractivity contribution in [1.29, 1.82) is 0 Å². The van der Waals surface area contributed by atoms with Crippen LogP contribution in [0.5, 0.6) is 0 Å². The van der Waals surface area contributed by atoms with Gasteiger partial charge in [-0.1, -0.05) is 44.2 Å². The Morgan fingerprint density at radius 2 is 1.69 bits per heavy atom. The van der Waals surface area contributed by atoms with Gasteiger partial charge in [0, 0.05) is 30.9 Å². The third-order valence-corrected chi connectivity index (χ3v) is 7.58. The molecule has 0 spiro atoms. The first kappa shape index (κ1) is 19.6. The molecule has 4 rings (SSSR count). The minimum atomic E-state index is -3.51. The lowest BCUT2D eigenvalue weighted by molar-refractivity contribution is 0.0989. The summed E-state index contributed by atoms with van der Waals surface area (Å²) >= 11 is 0. The van der Waals surface area contributed by atoms with Gasteiger partial charge in [0.05, 0.1) is 4.90 Å². The van der Waals surface area contributed by atoms with Crippen molar-refractivity contribution in [2.24, 2.45) is 0 Å². The second-order valence-electron chi connectivity index (χ2n) is 7.15. The van der Waals surface area contributed by atoms with Crippen LogP contribution in [0.4, 0.5) is 5.69 Å². The molecule has 0 radical (unpaired) electrons. The number of nitrogens with zero attached hydrogens (tertiary/aromatic N) is 2. The molecular formula is C23H24N2O3S. The molecule has 1 amide bonds. The molecule has 0 saturated heterocycles. The molecule has 1 heterocycles. The van der Waals surface area contributed by atoms with Crippen molar-refractivity contribution >= 4 is 32.4 Å². The zero-order chi connectivity index (χ0) is 20.6. The molecule has 29 heavy (non-hydrogen) atoms. The van der Waals surface area contributed by atoms with Gasteiger partial charge in [-0.3, -0.25) is 4.79 Å². The van der Waals surface area contributed by atoms with E-state index in [1.165, 1.54) is 4.31 Å². The second kappa shape index (κ2) is 7.61. The molecule has 0 fully saturated rings. The SMILES string of the molecule is CCN(CC)S(=O)(=O)c1ccc2c(c1)CCN2C(=O)c1ccc2ccccc2c1. The van der Waals surface area contributed by atoms with Crippen LogP contribution in [0, 0.1) is 0 Å². The van der Waals surface area contributed by atoms with Crippen LogP contribution in [0.1, 0.15) is 29.8 Å². The highest BCUT2D eigenvalue weighted by molar-refractivity contribution is 7.89. The van der Waals surface area contributed by atoms with Crippen molar-refractivity contribution in [3.05, 3.63) is 71.8 Å². The summed E-state index contributed by atoms with van der Waals surface area (Å²) in [5.74, 6) is -0.0612. The number of benzene rings is 3. The van der Waals surface area contributed by atoms with Crippen LogP contribution in [0.25, 0.3) is 10.8 Å². The molecule has 0 atom stereocenters. The van der Waals surface area contributed by atoms with Crippen molar-refractivity contribution in [1.82, 2.24) is 4.31 Å². The number of hydrogen-bond acceptors (Lipinski definition) is 3. The number of carbonyl (C=O) groups is 1. The highest BCUT2D eigenvalue weighted by Gasteiger charge is 2.29. The largest absolute Gasteiger partial charge is 0.308 e. The molecule has 1 aliphatic heterocycles. The normalized spacial score (nSPS) is 13.8. The molecule has 150 valence electrons. The van der Waals surface area contributed by atoms with Crippen LogP contribution in [0.3, 0.4) is 0 Å². The van der Waals surface area contributed by atoms with E-state index in [2.05, 4.69) is 0 Å². The van der Waals surface area contributed by atoms with Crippen molar-refractivity contribution < 1.29 is 13.2 Å². The monoisotopic (exact) mass is 408 g/mol. The lowest BCUT2D eigenvalue weighted by Crippen LogP contribution is -2.30. The van der Waals surface area contributed by atoms with E-state index in [0.717, 1.165) is 22.0 Å². The van der Waals surface area contributed by atoms with Crippen molar-refractivity contribution in [2.45, 2.75) is 25.2 Å². The Kier molecular flexibility index (Phi) is 5.15. The summed E-state index contributed by atoms with van der Waals surface area (Å²) in [6, 6.07) is 18.8. The summed E-state index contributed by atoms with van der Waals surface area (Å²) in [5.41, 5.74) is 2.32. The molecule has 3 aromatic carbocycles. The third kappa shape index (κ3) is 3.43. The molecule has 0 aromatic heterocycles. The molecule has 0 N–H and O–H groups in total. The summed E-state index contributed by atoms with van der Waals surface area (Å²) in [7, 11) is -3.51. The summed E-state index contributed by atoms with van der Waals surface area (Å²) in [6.45, 7) is 5.08. The Morgan fingerprint density at radius 1 is 0.966 bits per heavy atom. The summed E-state index contributed by atoms with van der Waals surface area (Å²) in [6.07, 6.45) is 0.649. The van der Waals surface area contributed by atoms with Gasteiger partial charge in [0.2, 0.25) is 10.0 Å². The number of carbonyl (C=O) groups excluding carboxylic acids is 1. The van der Waals surface area contributed by atoms with E-state index < -0.39 is 10.0 Å². The number of rotatable bonds is 5. The Morgan fingerprint density at radius 3 is 2.41 bits per heavy atom. The fourth-order valence-electron chi connectivity index (χ4n) is 3.94. The first-order valence-corrected chi connectivity index (χ1v) is 11.3. The van der Waals surface area contributed by atoms with Crippen LogP contribution in [0.2, 0.25) is 0 Å². The van der Waals surface area contributed by atoms with Gasteiger partial charge in [-0.05, 0) is 53.1 Å². The van der Waals surface area contributed by atoms with Crippen molar-refractivity contribution in [3.63, 3.8) is 0 Å². The zero-order valence-corrected chi connectivity index (χ0v) is 17.4. The van der Waals surface area contributed by atoms with Gasteiger partial charge in [0.25, 0.3) is 5.91 Å². The molecule has 5 nitrogen and oxygen atoms in total. The first-order valence-electron chi connectivity index (χ1n) is 9.89. The molecule has 3 aromatic rings. The average molecular weight is 409 g/mol. The predicted molar refractivity (Wildman–Crippen MR) is 116 cm³/mol. The van der Waals surface area contributed by atoms with Gasteiger partial charge >= 0.3 is 0 Å². The van der Waals surface area contributed by atoms with E-state index in [1.807, 2.05) is 56.3 Å². The minimum absolute atomic E-state index is 0.0612. The van der Waals surface area contributed by atoms with E-state index >= 15 is 0 Å². The quantitative estimate of drug-likeness (QED) is 0.639. The van der Waals surface area contributed by atoms with E-state index in [1.54, 1.807) is 23.1 Å². The van der Waals surface area contributed by atoms with E-state index in [4.69, 9.17) is 0 Å². The standard InChI is InChI=1S/C23H24N2O3S/c1-3-24(4-2)29(27,28)21-11-12-22-19(16-21)13-14-25(22)23(26)20-10-9-17-7-5-6-8-18(17)15-20/h5-12,15-16H,3-4,13-14H2,1-2H3. The molecule has 0 saturated carbocycles. The van der Waals surface area contributed by atoms with Crippen LogP contribution in [0.15, 0.2) is 65.6 Å². The van der Waals surface area contributed by atoms with Gasteiger partial charge in [0.15, 0.2) is 0 Å². The highest BCUT2D eigenvalue weighted by atomic mass is 32.2. The molecular weight excluding hydrogens is 384 g/mol. The van der Waals surface area contributed by atoms with E-state index in [0.29, 0.717) is 36.5 Å². The van der Waals surface area contributed by atoms with Crippen LogP contribution >= 0.6 is 0 Å². The summed E-state index contributed by atoms with van der Waals surface area (Å²) < 4.78 is 27.0. The second-order valence-corrected chi connectivity index (χ2v) is 9.09. The first-order chi connectivity index (χ1) is 14.0. The average Bonchev–Trinajstić information content (AvgIpc) is 3.17. The highest BCUT2D eigenvalue weighted by Crippen LogP contribution is 2.32. The van der Waals surface area contributed by atoms with Crippen molar-refractivity contribution in [2.75, 3.05) is 24.5 Å². The van der Waals surface area contributed by atoms with Gasteiger partial charge in [0.1, 0.15) is 0 Å². The number of amides is 1. The molecule has 0 aliphatic carbocycles. The van der Waals surface area contributed by atoms with Crippen LogP contribution in [-0.2, 0) is 16.4 Å². The smallest absolute Gasteiger partial charge is 0.258 e. The molecule has 6 heteroatoms. The number of hydrogen-bond donors (Lipinski definition) is 0. The lowest BCUT2D eigenvalue weighted by atomic mass is 10.1. The Bertz CT molecular complexity index is 1180. The predicted octanol–water partition coefficient (Wildman–Crippen LogP) is 4.07. The Hall–Kier alpha value is -2.70. The van der Waals surface area contributed by atoms with E-state index in [-0.39, 0.29) is 5.91 Å². The van der Waals surface area contributed by atoms with Gasteiger partial charge < -0.3 is 4.90 Å². The van der Waals surface area contributed by atoms with Gasteiger partial charge in [-0.15, -0.1) is 0 Å². The Labute approximate surface area is 171 Å². The number of sulfonamides is 1. The van der Waals surface area contributed by atoms with Crippen LogP contribution < -0.4 is 4.90 Å². The maximum atomic E-state index is 13.1. The zero-order valence-electron chi connectivity index (χ0n) is 16.6.